The topological polar surface area (TPSA) is 225 Å². The first-order valence-corrected chi connectivity index (χ1v) is 12.7. The minimum atomic E-state index is -1.91. The lowest BCUT2D eigenvalue weighted by atomic mass is 9.66. The average molecular weight is 583 g/mol. The van der Waals surface area contributed by atoms with Crippen molar-refractivity contribution in [2.45, 2.75) is 43.0 Å². The maximum atomic E-state index is 11.5. The van der Waals surface area contributed by atoms with Crippen LogP contribution < -0.4 is 14.2 Å². The van der Waals surface area contributed by atoms with Crippen LogP contribution in [0.1, 0.15) is 22.6 Å². The molecule has 14 heteroatoms. The molecule has 2 aliphatic rings. The first-order chi connectivity index (χ1) is 19.5. The second-order valence-electron chi connectivity index (χ2n) is 9.98. The number of aromatic hydroxyl groups is 3. The molecule has 1 heterocycles. The van der Waals surface area contributed by atoms with Gasteiger partial charge in [0.15, 0.2) is 35.4 Å². The van der Waals surface area contributed by atoms with Crippen LogP contribution in [0.3, 0.4) is 0 Å². The van der Waals surface area contributed by atoms with Gasteiger partial charge in [-0.25, -0.2) is 4.79 Å². The minimum absolute atomic E-state index is 0.0123. The van der Waals surface area contributed by atoms with Gasteiger partial charge in [0, 0.05) is 18.1 Å². The Bertz CT molecular complexity index is 1240. The molecular formula is C27H34O14. The number of carboxylic acids is 1. The fourth-order valence-electron chi connectivity index (χ4n) is 5.63. The van der Waals surface area contributed by atoms with Crippen molar-refractivity contribution in [3.05, 3.63) is 34.9 Å². The number of fused-ring (bicyclic) bond motifs is 1. The number of carboxylic acid groups (broad SMARTS) is 1. The SMILES string of the molecule is COc1cc([C@@H]2c3c(cc(OC)c(O)c3O)C[C@H](CO)[C@@H]2CO[C@@H]2O[C@H](C(=O)O)[C@@H](O)[C@H](O)[C@H]2O)cc(OC)c1O. The van der Waals surface area contributed by atoms with E-state index in [2.05, 4.69) is 0 Å². The molecule has 1 saturated heterocycles. The van der Waals surface area contributed by atoms with Crippen molar-refractivity contribution in [2.24, 2.45) is 11.8 Å². The van der Waals surface area contributed by atoms with Gasteiger partial charge in [-0.1, -0.05) is 0 Å². The van der Waals surface area contributed by atoms with E-state index in [0.29, 0.717) is 11.1 Å². The second-order valence-corrected chi connectivity index (χ2v) is 9.98. The molecule has 0 bridgehead atoms. The van der Waals surface area contributed by atoms with Crippen LogP contribution in [0.2, 0.25) is 0 Å². The van der Waals surface area contributed by atoms with Crippen molar-refractivity contribution in [1.82, 2.24) is 0 Å². The van der Waals surface area contributed by atoms with Crippen molar-refractivity contribution in [2.75, 3.05) is 34.5 Å². The molecule has 226 valence electrons. The Kier molecular flexibility index (Phi) is 9.01. The number of phenolic OH excluding ortho intramolecular Hbond substituents is 3. The summed E-state index contributed by atoms with van der Waals surface area (Å²) in [5.74, 6) is -4.93. The molecule has 8 N–H and O–H groups in total. The molecule has 0 unspecified atom stereocenters. The second kappa shape index (κ2) is 12.1. The van der Waals surface area contributed by atoms with Gasteiger partial charge >= 0.3 is 5.97 Å². The van der Waals surface area contributed by atoms with E-state index >= 15 is 0 Å². The molecule has 1 fully saturated rings. The predicted molar refractivity (Wildman–Crippen MR) is 137 cm³/mol. The summed E-state index contributed by atoms with van der Waals surface area (Å²) in [4.78, 5) is 11.5. The van der Waals surface area contributed by atoms with Gasteiger partial charge in [0.1, 0.15) is 18.3 Å². The van der Waals surface area contributed by atoms with Crippen molar-refractivity contribution < 1.29 is 69.3 Å². The highest BCUT2D eigenvalue weighted by Gasteiger charge is 2.49. The van der Waals surface area contributed by atoms with Gasteiger partial charge in [-0.2, -0.15) is 0 Å². The molecule has 4 rings (SSSR count). The summed E-state index contributed by atoms with van der Waals surface area (Å²) in [5.41, 5.74) is 1.23. The van der Waals surface area contributed by atoms with E-state index in [1.54, 1.807) is 0 Å². The molecule has 41 heavy (non-hydrogen) atoms. The molecule has 0 saturated carbocycles. The molecular weight excluding hydrogens is 548 g/mol. The third-order valence-corrected chi connectivity index (χ3v) is 7.77. The highest BCUT2D eigenvalue weighted by atomic mass is 16.7. The summed E-state index contributed by atoms with van der Waals surface area (Å²) in [6, 6.07) is 4.52. The van der Waals surface area contributed by atoms with Crippen LogP contribution in [0, 0.1) is 11.8 Å². The zero-order valence-electron chi connectivity index (χ0n) is 22.5. The summed E-state index contributed by atoms with van der Waals surface area (Å²) in [6.07, 6.45) is -8.95. The lowest BCUT2D eigenvalue weighted by molar-refractivity contribution is -0.297. The van der Waals surface area contributed by atoms with Gasteiger partial charge in [-0.3, -0.25) is 0 Å². The lowest BCUT2D eigenvalue weighted by Gasteiger charge is -2.42. The van der Waals surface area contributed by atoms with Gasteiger partial charge in [0.2, 0.25) is 11.5 Å². The Balaban J connectivity index is 1.82. The molecule has 0 radical (unpaired) electrons. The average Bonchev–Trinajstić information content (AvgIpc) is 2.96. The number of aliphatic carboxylic acids is 1. The molecule has 2 aromatic carbocycles. The Hall–Kier alpha value is -3.53. The number of hydrogen-bond donors (Lipinski definition) is 8. The summed E-state index contributed by atoms with van der Waals surface area (Å²) in [7, 11) is 3.99. The third kappa shape index (κ3) is 5.41. The van der Waals surface area contributed by atoms with Crippen LogP contribution in [0.15, 0.2) is 18.2 Å². The molecule has 14 nitrogen and oxygen atoms in total. The number of methoxy groups -OCH3 is 3. The fraction of sp³-hybridized carbons (Fsp3) is 0.519. The summed E-state index contributed by atoms with van der Waals surface area (Å²) >= 11 is 0. The summed E-state index contributed by atoms with van der Waals surface area (Å²) in [6.45, 7) is -0.683. The van der Waals surface area contributed by atoms with Crippen molar-refractivity contribution >= 4 is 5.97 Å². The van der Waals surface area contributed by atoms with E-state index in [1.807, 2.05) is 0 Å². The number of benzene rings is 2. The molecule has 2 aromatic rings. The van der Waals surface area contributed by atoms with Gasteiger partial charge in [-0.05, 0) is 47.6 Å². The predicted octanol–water partition coefficient (Wildman–Crippen LogP) is -0.349. The smallest absolute Gasteiger partial charge is 0.335 e. The first-order valence-electron chi connectivity index (χ1n) is 12.7. The maximum absolute atomic E-state index is 11.5. The number of carbonyl (C=O) groups is 1. The Morgan fingerprint density at radius 2 is 1.46 bits per heavy atom. The normalized spacial score (nSPS) is 29.4. The Morgan fingerprint density at radius 3 is 2.00 bits per heavy atom. The van der Waals surface area contributed by atoms with Gasteiger partial charge in [0.25, 0.3) is 0 Å². The molecule has 0 spiro atoms. The monoisotopic (exact) mass is 582 g/mol. The first kappa shape index (κ1) is 30.4. The van der Waals surface area contributed by atoms with Crippen molar-refractivity contribution in [3.8, 4) is 34.5 Å². The van der Waals surface area contributed by atoms with E-state index < -0.39 is 65.9 Å². The largest absolute Gasteiger partial charge is 0.504 e. The Morgan fingerprint density at radius 1 is 0.878 bits per heavy atom. The van der Waals surface area contributed by atoms with Crippen LogP contribution >= 0.6 is 0 Å². The van der Waals surface area contributed by atoms with Crippen LogP contribution in [-0.2, 0) is 20.7 Å². The van der Waals surface area contributed by atoms with Crippen molar-refractivity contribution in [3.63, 3.8) is 0 Å². The zero-order chi connectivity index (χ0) is 30.2. The number of aliphatic hydroxyl groups excluding tert-OH is 4. The van der Waals surface area contributed by atoms with E-state index in [0.717, 1.165) is 0 Å². The van der Waals surface area contributed by atoms with Crippen LogP contribution in [0.4, 0.5) is 0 Å². The minimum Gasteiger partial charge on any atom is -0.504 e. The van der Waals surface area contributed by atoms with E-state index in [1.165, 1.54) is 39.5 Å². The fourth-order valence-corrected chi connectivity index (χ4v) is 5.63. The highest BCUT2D eigenvalue weighted by molar-refractivity contribution is 5.73. The number of hydrogen-bond acceptors (Lipinski definition) is 13. The number of rotatable bonds is 9. The molecule has 1 aliphatic carbocycles. The summed E-state index contributed by atoms with van der Waals surface area (Å²) in [5, 5.41) is 82.8. The van der Waals surface area contributed by atoms with E-state index in [9.17, 15) is 45.6 Å². The third-order valence-electron chi connectivity index (χ3n) is 7.77. The highest BCUT2D eigenvalue weighted by Crippen LogP contribution is 2.54. The van der Waals surface area contributed by atoms with Crippen LogP contribution in [0.5, 0.6) is 34.5 Å². The number of aliphatic hydroxyl groups is 4. The maximum Gasteiger partial charge on any atom is 0.335 e. The Labute approximate surface area is 234 Å². The molecule has 1 aliphatic heterocycles. The summed E-state index contributed by atoms with van der Waals surface area (Å²) < 4.78 is 26.9. The van der Waals surface area contributed by atoms with Crippen LogP contribution in [-0.4, -0.2) is 112 Å². The van der Waals surface area contributed by atoms with Crippen molar-refractivity contribution in [1.29, 1.82) is 0 Å². The number of phenols is 3. The zero-order valence-corrected chi connectivity index (χ0v) is 22.5. The van der Waals surface area contributed by atoms with Gasteiger partial charge < -0.3 is 64.5 Å². The number of ether oxygens (including phenoxy) is 5. The van der Waals surface area contributed by atoms with E-state index in [-0.39, 0.29) is 48.2 Å². The molecule has 8 atom stereocenters. The van der Waals surface area contributed by atoms with E-state index in [4.69, 9.17) is 23.7 Å². The standard InChI is InChI=1S/C27H34O14/c1-37-14-6-11(7-15(38-2)19(14)29)17-13(9-40-27-24(34)22(32)23(33)25(41-27)26(35)36)12(8-28)4-10-5-16(39-3)20(30)21(31)18(10)17/h5-7,12-13,17,22-25,27-34H,4,8-9H2,1-3H3,(H,35,36)/t12-,13+,17+,22+,23+,24-,25+,27-/m1/s1. The molecule has 0 aromatic heterocycles. The van der Waals surface area contributed by atoms with Gasteiger partial charge in [-0.15, -0.1) is 0 Å². The molecule has 0 amide bonds. The van der Waals surface area contributed by atoms with Gasteiger partial charge in [0.05, 0.1) is 27.9 Å². The van der Waals surface area contributed by atoms with Crippen LogP contribution in [0.25, 0.3) is 0 Å². The lowest BCUT2D eigenvalue weighted by Crippen LogP contribution is -2.60. The quantitative estimate of drug-likeness (QED) is 0.177.